The molecule has 0 radical (unpaired) electrons. The molecule has 0 saturated carbocycles. The zero-order valence-electron chi connectivity index (χ0n) is 26.1. The topological polar surface area (TPSA) is 93.9 Å². The molecule has 2 aromatic carbocycles. The van der Waals surface area contributed by atoms with Crippen LogP contribution in [0.3, 0.4) is 0 Å². The number of carbonyl (C=O) groups is 1. The molecular formula is C31H27F9N6O4. The van der Waals surface area contributed by atoms with Crippen LogP contribution in [0.25, 0.3) is 17.1 Å². The van der Waals surface area contributed by atoms with Crippen molar-refractivity contribution in [3.63, 3.8) is 0 Å². The largest absolute Gasteiger partial charge is 0.497 e. The minimum atomic E-state index is -5.11. The van der Waals surface area contributed by atoms with Crippen molar-refractivity contribution in [2.45, 2.75) is 19.2 Å². The number of rotatable bonds is 10. The second-order valence-electron chi connectivity index (χ2n) is 10.9. The lowest BCUT2D eigenvalue weighted by atomic mass is 10.1. The van der Waals surface area contributed by atoms with Crippen LogP contribution in [0.2, 0.25) is 0 Å². The maximum Gasteiger partial charge on any atom is 0.420 e. The number of pyridine rings is 1. The van der Waals surface area contributed by atoms with Gasteiger partial charge >= 0.3 is 12.8 Å². The van der Waals surface area contributed by atoms with Crippen molar-refractivity contribution in [2.24, 2.45) is 7.05 Å². The Balaban J connectivity index is 1.66. The molecular weight excluding hydrogens is 691 g/mol. The van der Waals surface area contributed by atoms with Gasteiger partial charge in [0.2, 0.25) is 0 Å². The van der Waals surface area contributed by atoms with Crippen molar-refractivity contribution >= 4 is 17.4 Å². The predicted molar refractivity (Wildman–Crippen MR) is 161 cm³/mol. The van der Waals surface area contributed by atoms with Gasteiger partial charge in [0.25, 0.3) is 17.9 Å². The number of aromatic nitrogens is 3. The normalized spacial score (nSPS) is 14.1. The predicted octanol–water partition coefficient (Wildman–Crippen LogP) is 5.78. The summed E-state index contributed by atoms with van der Waals surface area (Å²) in [6.45, 7) is -3.19. The van der Waals surface area contributed by atoms with Gasteiger partial charge in [-0.25, -0.2) is 22.5 Å². The van der Waals surface area contributed by atoms with Crippen LogP contribution in [-0.4, -0.2) is 78.0 Å². The van der Waals surface area contributed by atoms with E-state index in [0.29, 0.717) is 15.4 Å². The number of nitrogens with one attached hydrogen (secondary N) is 1. The molecule has 0 unspecified atom stereocenters. The van der Waals surface area contributed by atoms with E-state index < -0.39 is 77.2 Å². The third-order valence-corrected chi connectivity index (χ3v) is 7.79. The van der Waals surface area contributed by atoms with Crippen LogP contribution in [0.1, 0.15) is 15.9 Å². The van der Waals surface area contributed by atoms with Crippen molar-refractivity contribution in [2.75, 3.05) is 50.1 Å². The molecule has 1 saturated heterocycles. The fraction of sp³-hybridized carbons (Fsp3) is 0.323. The number of anilines is 2. The summed E-state index contributed by atoms with van der Waals surface area (Å²) in [4.78, 5) is 34.4. The van der Waals surface area contributed by atoms with Crippen LogP contribution in [0.15, 0.2) is 53.3 Å². The molecule has 1 aliphatic rings. The first kappa shape index (κ1) is 36.1. The van der Waals surface area contributed by atoms with E-state index in [9.17, 15) is 40.3 Å². The van der Waals surface area contributed by atoms with Gasteiger partial charge in [-0.2, -0.15) is 26.6 Å². The summed E-state index contributed by atoms with van der Waals surface area (Å²) in [6, 6.07) is 7.28. The zero-order valence-corrected chi connectivity index (χ0v) is 26.1. The maximum absolute atomic E-state index is 15.5. The molecule has 1 aliphatic heterocycles. The van der Waals surface area contributed by atoms with Crippen LogP contribution in [-0.2, 0) is 13.2 Å². The first-order valence-electron chi connectivity index (χ1n) is 14.6. The Kier molecular flexibility index (Phi) is 10.4. The molecule has 0 atom stereocenters. The van der Waals surface area contributed by atoms with E-state index in [1.54, 1.807) is 0 Å². The van der Waals surface area contributed by atoms with E-state index in [1.165, 1.54) is 9.80 Å². The fourth-order valence-corrected chi connectivity index (χ4v) is 5.46. The first-order chi connectivity index (χ1) is 23.6. The van der Waals surface area contributed by atoms with Crippen LogP contribution in [0.4, 0.5) is 51.0 Å². The molecule has 3 heterocycles. The van der Waals surface area contributed by atoms with Gasteiger partial charge in [-0.05, 0) is 36.4 Å². The molecule has 0 bridgehead atoms. The molecule has 10 nitrogen and oxygen atoms in total. The number of amides is 1. The van der Waals surface area contributed by atoms with Gasteiger partial charge in [0, 0.05) is 50.9 Å². The lowest BCUT2D eigenvalue weighted by Crippen LogP contribution is -2.48. The van der Waals surface area contributed by atoms with E-state index in [-0.39, 0.29) is 49.1 Å². The lowest BCUT2D eigenvalue weighted by molar-refractivity contribution is -0.137. The van der Waals surface area contributed by atoms with Crippen LogP contribution in [0, 0.1) is 11.6 Å². The SMILES string of the molecule is COc1cc(F)c(-c2c(NC(=O)c3ccc(OC(F)F)cc3)c(=O)n(-c3nc(N4CCN(CC(F)F)CC4)ccc3C(F)(F)F)n2C)c(F)c1. The molecule has 0 spiro atoms. The van der Waals surface area contributed by atoms with Gasteiger partial charge in [0.1, 0.15) is 45.9 Å². The molecule has 0 aliphatic carbocycles. The Hall–Kier alpha value is -5.20. The summed E-state index contributed by atoms with van der Waals surface area (Å²) in [7, 11) is 2.14. The van der Waals surface area contributed by atoms with Crippen molar-refractivity contribution < 1.29 is 53.8 Å². The van der Waals surface area contributed by atoms with Crippen molar-refractivity contribution in [1.82, 2.24) is 19.2 Å². The summed E-state index contributed by atoms with van der Waals surface area (Å²) in [5, 5.41) is 2.19. The molecule has 19 heteroatoms. The number of alkyl halides is 7. The molecule has 268 valence electrons. The maximum atomic E-state index is 15.5. The Morgan fingerprint density at radius 2 is 1.56 bits per heavy atom. The van der Waals surface area contributed by atoms with Gasteiger partial charge in [-0.3, -0.25) is 19.2 Å². The van der Waals surface area contributed by atoms with Crippen LogP contribution >= 0.6 is 0 Å². The summed E-state index contributed by atoms with van der Waals surface area (Å²) < 4.78 is 135. The third-order valence-electron chi connectivity index (χ3n) is 7.79. The monoisotopic (exact) mass is 718 g/mol. The second kappa shape index (κ2) is 14.3. The Labute approximate surface area is 277 Å². The number of ether oxygens (including phenoxy) is 2. The van der Waals surface area contributed by atoms with E-state index >= 15 is 8.78 Å². The van der Waals surface area contributed by atoms with Gasteiger partial charge in [0.15, 0.2) is 5.82 Å². The number of nitrogens with zero attached hydrogens (tertiary/aromatic N) is 5. The highest BCUT2D eigenvalue weighted by molar-refractivity contribution is 6.06. The highest BCUT2D eigenvalue weighted by Gasteiger charge is 2.38. The average molecular weight is 719 g/mol. The summed E-state index contributed by atoms with van der Waals surface area (Å²) in [5.74, 6) is -5.37. The zero-order chi connectivity index (χ0) is 36.5. The number of halogens is 9. The molecule has 1 N–H and O–H groups in total. The minimum Gasteiger partial charge on any atom is -0.497 e. The smallest absolute Gasteiger partial charge is 0.420 e. The Bertz CT molecular complexity index is 1900. The van der Waals surface area contributed by atoms with Gasteiger partial charge < -0.3 is 19.7 Å². The van der Waals surface area contributed by atoms with Gasteiger partial charge in [-0.1, -0.05) is 0 Å². The number of carbonyl (C=O) groups excluding carboxylic acids is 1. The summed E-state index contributed by atoms with van der Waals surface area (Å²) in [6.07, 6.45) is -7.70. The molecule has 1 amide bonds. The standard InChI is InChI=1S/C31H27F9N6O4/c1-43-26(24-20(32)13-18(49-2)14-21(24)33)25(42-28(47)16-3-5-17(6-4-16)50-30(36)37)29(48)46(43)27-19(31(38,39)40)7-8-23(41-27)45-11-9-44(10-12-45)15-22(34)35/h3-8,13-14,22,30H,9-12,15H2,1-2H3,(H,42,47). The van der Waals surface area contributed by atoms with Crippen molar-refractivity contribution in [1.29, 1.82) is 0 Å². The van der Waals surface area contributed by atoms with E-state index in [2.05, 4.69) is 15.0 Å². The molecule has 4 aromatic rings. The molecule has 50 heavy (non-hydrogen) atoms. The number of piperazine rings is 1. The van der Waals surface area contributed by atoms with Crippen LogP contribution < -0.4 is 25.2 Å². The quantitative estimate of drug-likeness (QED) is 0.208. The lowest BCUT2D eigenvalue weighted by Gasteiger charge is -2.35. The average Bonchev–Trinajstić information content (AvgIpc) is 3.28. The summed E-state index contributed by atoms with van der Waals surface area (Å²) >= 11 is 0. The Morgan fingerprint density at radius 3 is 2.10 bits per heavy atom. The van der Waals surface area contributed by atoms with Gasteiger partial charge in [-0.15, -0.1) is 0 Å². The minimum absolute atomic E-state index is 0.0575. The van der Waals surface area contributed by atoms with Crippen molar-refractivity contribution in [3.8, 4) is 28.6 Å². The number of hydrogen-bond acceptors (Lipinski definition) is 7. The van der Waals surface area contributed by atoms with Gasteiger partial charge in [0.05, 0.1) is 19.2 Å². The number of hydrogen-bond donors (Lipinski definition) is 1. The first-order valence-corrected chi connectivity index (χ1v) is 14.6. The molecule has 2 aromatic heterocycles. The number of methoxy groups -OCH3 is 1. The fourth-order valence-electron chi connectivity index (χ4n) is 5.46. The molecule has 5 rings (SSSR count). The van der Waals surface area contributed by atoms with E-state index in [1.807, 2.05) is 0 Å². The highest BCUT2D eigenvalue weighted by atomic mass is 19.4. The van der Waals surface area contributed by atoms with E-state index in [4.69, 9.17) is 4.74 Å². The highest BCUT2D eigenvalue weighted by Crippen LogP contribution is 2.38. The van der Waals surface area contributed by atoms with E-state index in [0.717, 1.165) is 56.6 Å². The third kappa shape index (κ3) is 7.51. The summed E-state index contributed by atoms with van der Waals surface area (Å²) in [5.41, 5.74) is -5.51. The Morgan fingerprint density at radius 1 is 0.940 bits per heavy atom. The van der Waals surface area contributed by atoms with Crippen molar-refractivity contribution in [3.05, 3.63) is 81.6 Å². The van der Waals surface area contributed by atoms with Crippen LogP contribution in [0.5, 0.6) is 11.5 Å². The molecule has 1 fully saturated rings. The second-order valence-corrected chi connectivity index (χ2v) is 10.9. The number of benzene rings is 2.